The SMILES string of the molecule is CN(C)Cc1ccc(CNC(=O)C2(c3ccc(F)cc3)CC2)cc1. The average Bonchev–Trinajstić information content (AvgIpc) is 3.36. The normalized spacial score (nSPS) is 15.3. The van der Waals surface area contributed by atoms with E-state index in [1.54, 1.807) is 12.1 Å². The van der Waals surface area contributed by atoms with Crippen LogP contribution in [0.5, 0.6) is 0 Å². The minimum Gasteiger partial charge on any atom is -0.351 e. The van der Waals surface area contributed by atoms with Gasteiger partial charge < -0.3 is 10.2 Å². The molecule has 0 aliphatic heterocycles. The van der Waals surface area contributed by atoms with Crippen LogP contribution in [0.4, 0.5) is 4.39 Å². The predicted octanol–water partition coefficient (Wildman–Crippen LogP) is 3.24. The Kier molecular flexibility index (Phi) is 4.67. The van der Waals surface area contributed by atoms with Gasteiger partial charge in [0.1, 0.15) is 5.82 Å². The van der Waals surface area contributed by atoms with Crippen LogP contribution in [-0.2, 0) is 23.3 Å². The van der Waals surface area contributed by atoms with Crippen LogP contribution in [0.15, 0.2) is 48.5 Å². The lowest BCUT2D eigenvalue weighted by Gasteiger charge is -2.16. The van der Waals surface area contributed by atoms with Crippen molar-refractivity contribution in [1.82, 2.24) is 10.2 Å². The van der Waals surface area contributed by atoms with E-state index >= 15 is 0 Å². The van der Waals surface area contributed by atoms with E-state index in [0.717, 1.165) is 30.5 Å². The lowest BCUT2D eigenvalue weighted by atomic mass is 9.95. The van der Waals surface area contributed by atoms with Crippen molar-refractivity contribution in [1.29, 1.82) is 0 Å². The molecule has 0 saturated heterocycles. The molecule has 2 aromatic carbocycles. The molecule has 0 spiro atoms. The number of hydrogen-bond donors (Lipinski definition) is 1. The highest BCUT2D eigenvalue weighted by molar-refractivity contribution is 5.91. The molecule has 1 N–H and O–H groups in total. The van der Waals surface area contributed by atoms with Gasteiger partial charge >= 0.3 is 0 Å². The van der Waals surface area contributed by atoms with Gasteiger partial charge in [-0.25, -0.2) is 4.39 Å². The van der Waals surface area contributed by atoms with Gasteiger partial charge in [-0.2, -0.15) is 0 Å². The molecule has 126 valence electrons. The van der Waals surface area contributed by atoms with E-state index in [4.69, 9.17) is 0 Å². The van der Waals surface area contributed by atoms with E-state index in [2.05, 4.69) is 34.5 Å². The van der Waals surface area contributed by atoms with E-state index in [-0.39, 0.29) is 11.7 Å². The molecule has 0 atom stereocenters. The molecule has 3 nitrogen and oxygen atoms in total. The number of nitrogens with one attached hydrogen (secondary N) is 1. The van der Waals surface area contributed by atoms with Crippen molar-refractivity contribution in [2.45, 2.75) is 31.3 Å². The molecular weight excluding hydrogens is 303 g/mol. The Morgan fingerprint density at radius 2 is 1.62 bits per heavy atom. The summed E-state index contributed by atoms with van der Waals surface area (Å²) in [4.78, 5) is 14.7. The molecule has 0 aromatic heterocycles. The molecular formula is C20H23FN2O. The highest BCUT2D eigenvalue weighted by Crippen LogP contribution is 2.48. The molecule has 0 unspecified atom stereocenters. The number of benzene rings is 2. The number of carbonyl (C=O) groups is 1. The molecule has 24 heavy (non-hydrogen) atoms. The van der Waals surface area contributed by atoms with Gasteiger partial charge in [0.15, 0.2) is 0 Å². The van der Waals surface area contributed by atoms with Crippen LogP contribution in [0.2, 0.25) is 0 Å². The standard InChI is InChI=1S/C20H23FN2O/c1-23(2)14-16-5-3-15(4-6-16)13-22-19(24)20(11-12-20)17-7-9-18(21)10-8-17/h3-10H,11-14H2,1-2H3,(H,22,24). The third-order valence-corrected chi connectivity index (χ3v) is 4.56. The zero-order valence-corrected chi connectivity index (χ0v) is 14.2. The second kappa shape index (κ2) is 6.73. The Labute approximate surface area is 142 Å². The summed E-state index contributed by atoms with van der Waals surface area (Å²) in [7, 11) is 4.08. The highest BCUT2D eigenvalue weighted by atomic mass is 19.1. The van der Waals surface area contributed by atoms with Crippen LogP contribution in [0.25, 0.3) is 0 Å². The number of nitrogens with zero attached hydrogens (tertiary/aromatic N) is 1. The molecule has 2 aromatic rings. The van der Waals surface area contributed by atoms with Gasteiger partial charge in [0.2, 0.25) is 5.91 Å². The van der Waals surface area contributed by atoms with Gasteiger partial charge in [0.05, 0.1) is 5.41 Å². The zero-order valence-electron chi connectivity index (χ0n) is 14.2. The quantitative estimate of drug-likeness (QED) is 0.884. The van der Waals surface area contributed by atoms with Crippen LogP contribution in [0.3, 0.4) is 0 Å². The molecule has 1 saturated carbocycles. The minimum absolute atomic E-state index is 0.0338. The Balaban J connectivity index is 1.60. The van der Waals surface area contributed by atoms with Crippen LogP contribution in [-0.4, -0.2) is 24.9 Å². The number of rotatable bonds is 6. The first-order valence-corrected chi connectivity index (χ1v) is 8.26. The zero-order chi connectivity index (χ0) is 17.2. The molecule has 3 rings (SSSR count). The van der Waals surface area contributed by atoms with E-state index < -0.39 is 5.41 Å². The summed E-state index contributed by atoms with van der Waals surface area (Å²) in [6, 6.07) is 14.6. The summed E-state index contributed by atoms with van der Waals surface area (Å²) >= 11 is 0. The second-order valence-electron chi connectivity index (χ2n) is 6.83. The number of carbonyl (C=O) groups excluding carboxylic acids is 1. The van der Waals surface area contributed by atoms with Crippen molar-refractivity contribution in [3.63, 3.8) is 0 Å². The van der Waals surface area contributed by atoms with Crippen molar-refractivity contribution in [2.75, 3.05) is 14.1 Å². The third-order valence-electron chi connectivity index (χ3n) is 4.56. The monoisotopic (exact) mass is 326 g/mol. The molecule has 1 fully saturated rings. The Bertz CT molecular complexity index is 703. The van der Waals surface area contributed by atoms with Gasteiger partial charge in [-0.3, -0.25) is 4.79 Å². The van der Waals surface area contributed by atoms with Gasteiger partial charge in [0.25, 0.3) is 0 Å². The largest absolute Gasteiger partial charge is 0.351 e. The van der Waals surface area contributed by atoms with Crippen LogP contribution >= 0.6 is 0 Å². The Hall–Kier alpha value is -2.20. The van der Waals surface area contributed by atoms with Gasteiger partial charge in [-0.05, 0) is 55.8 Å². The Morgan fingerprint density at radius 3 is 2.17 bits per heavy atom. The smallest absolute Gasteiger partial charge is 0.230 e. The molecule has 4 heteroatoms. The molecule has 1 aliphatic carbocycles. The number of amides is 1. The topological polar surface area (TPSA) is 32.3 Å². The molecule has 1 amide bonds. The molecule has 1 aliphatic rings. The fourth-order valence-corrected chi connectivity index (χ4v) is 3.02. The first-order valence-electron chi connectivity index (χ1n) is 8.26. The van der Waals surface area contributed by atoms with Crippen molar-refractivity contribution >= 4 is 5.91 Å². The van der Waals surface area contributed by atoms with Crippen molar-refractivity contribution < 1.29 is 9.18 Å². The molecule has 0 radical (unpaired) electrons. The third kappa shape index (κ3) is 3.65. The number of halogens is 1. The van der Waals surface area contributed by atoms with Gasteiger partial charge in [0, 0.05) is 13.1 Å². The van der Waals surface area contributed by atoms with Crippen LogP contribution < -0.4 is 5.32 Å². The number of hydrogen-bond acceptors (Lipinski definition) is 2. The first kappa shape index (κ1) is 16.7. The second-order valence-corrected chi connectivity index (χ2v) is 6.83. The molecule has 0 heterocycles. The van der Waals surface area contributed by atoms with E-state index in [1.807, 2.05) is 14.1 Å². The summed E-state index contributed by atoms with van der Waals surface area (Å²) in [5, 5.41) is 3.03. The minimum atomic E-state index is -0.460. The van der Waals surface area contributed by atoms with Crippen molar-refractivity contribution in [3.8, 4) is 0 Å². The maximum Gasteiger partial charge on any atom is 0.230 e. The molecule has 0 bridgehead atoms. The van der Waals surface area contributed by atoms with E-state index in [1.165, 1.54) is 17.7 Å². The van der Waals surface area contributed by atoms with Crippen molar-refractivity contribution in [3.05, 3.63) is 71.0 Å². The van der Waals surface area contributed by atoms with E-state index in [0.29, 0.717) is 6.54 Å². The maximum absolute atomic E-state index is 13.1. The lowest BCUT2D eigenvalue weighted by Crippen LogP contribution is -2.34. The summed E-state index contributed by atoms with van der Waals surface area (Å²) in [6.45, 7) is 1.42. The van der Waals surface area contributed by atoms with Gasteiger partial charge in [-0.15, -0.1) is 0 Å². The maximum atomic E-state index is 13.1. The van der Waals surface area contributed by atoms with Crippen LogP contribution in [0.1, 0.15) is 29.5 Å². The van der Waals surface area contributed by atoms with Crippen molar-refractivity contribution in [2.24, 2.45) is 0 Å². The van der Waals surface area contributed by atoms with Gasteiger partial charge in [-0.1, -0.05) is 36.4 Å². The summed E-state index contributed by atoms with van der Waals surface area (Å²) in [5.41, 5.74) is 2.78. The first-order chi connectivity index (χ1) is 11.5. The summed E-state index contributed by atoms with van der Waals surface area (Å²) in [6.07, 6.45) is 1.65. The fraction of sp³-hybridized carbons (Fsp3) is 0.350. The fourth-order valence-electron chi connectivity index (χ4n) is 3.02. The highest BCUT2D eigenvalue weighted by Gasteiger charge is 2.51. The summed E-state index contributed by atoms with van der Waals surface area (Å²) in [5.74, 6) is -0.237. The van der Waals surface area contributed by atoms with E-state index in [9.17, 15) is 9.18 Å². The Morgan fingerprint density at radius 1 is 1.04 bits per heavy atom. The lowest BCUT2D eigenvalue weighted by molar-refractivity contribution is -0.123. The summed E-state index contributed by atoms with van der Waals surface area (Å²) < 4.78 is 13.1. The van der Waals surface area contributed by atoms with Crippen LogP contribution in [0, 0.1) is 5.82 Å². The average molecular weight is 326 g/mol. The predicted molar refractivity (Wildman–Crippen MR) is 93.0 cm³/mol.